The lowest BCUT2D eigenvalue weighted by atomic mass is 9.97. The predicted molar refractivity (Wildman–Crippen MR) is 287 cm³/mol. The molecule has 14 rings (SSSR count). The largest absolute Gasteiger partial charge is 0.456 e. The van der Waals surface area contributed by atoms with E-state index < -0.39 is 0 Å². The number of hydrogen-bond donors (Lipinski definition) is 0. The summed E-state index contributed by atoms with van der Waals surface area (Å²) in [7, 11) is 0. The summed E-state index contributed by atoms with van der Waals surface area (Å²) in [6.45, 7) is 0. The third kappa shape index (κ3) is 6.56. The van der Waals surface area contributed by atoms with Crippen LogP contribution < -0.4 is 0 Å². The maximum Gasteiger partial charge on any atom is 0.164 e. The number of benzene rings is 10. The molecule has 10 aromatic carbocycles. The molecular formula is C63H38N4OS. The van der Waals surface area contributed by atoms with Crippen LogP contribution in [0.15, 0.2) is 235 Å². The predicted octanol–water partition coefficient (Wildman–Crippen LogP) is 17.2. The van der Waals surface area contributed by atoms with Crippen molar-refractivity contribution in [3.63, 3.8) is 0 Å². The summed E-state index contributed by atoms with van der Waals surface area (Å²) in [4.78, 5) is 15.2. The Balaban J connectivity index is 0.911. The van der Waals surface area contributed by atoms with Crippen LogP contribution in [0.5, 0.6) is 0 Å². The lowest BCUT2D eigenvalue weighted by molar-refractivity contribution is 0.669. The van der Waals surface area contributed by atoms with Crippen molar-refractivity contribution < 1.29 is 4.42 Å². The molecule has 14 aromatic rings. The fourth-order valence-corrected chi connectivity index (χ4v) is 11.4. The zero-order valence-corrected chi connectivity index (χ0v) is 37.9. The van der Waals surface area contributed by atoms with Gasteiger partial charge in [0.25, 0.3) is 0 Å². The summed E-state index contributed by atoms with van der Waals surface area (Å²) < 4.78 is 11.5. The Hall–Kier alpha value is -8.97. The van der Waals surface area contributed by atoms with Crippen molar-refractivity contribution in [2.45, 2.75) is 0 Å². The highest BCUT2D eigenvalue weighted by Crippen LogP contribution is 2.45. The van der Waals surface area contributed by atoms with E-state index in [4.69, 9.17) is 19.4 Å². The van der Waals surface area contributed by atoms with E-state index in [1.54, 1.807) is 0 Å². The van der Waals surface area contributed by atoms with E-state index in [1.807, 2.05) is 84.1 Å². The highest BCUT2D eigenvalue weighted by atomic mass is 32.1. The number of rotatable bonds is 7. The molecule has 0 saturated carbocycles. The third-order valence-electron chi connectivity index (χ3n) is 13.5. The average Bonchev–Trinajstić information content (AvgIpc) is 4.10. The summed E-state index contributed by atoms with van der Waals surface area (Å²) in [6, 6.07) is 81.8. The zero-order valence-electron chi connectivity index (χ0n) is 37.0. The van der Waals surface area contributed by atoms with Gasteiger partial charge in [-0.15, -0.1) is 11.3 Å². The maximum absolute atomic E-state index is 6.59. The Bertz CT molecular complexity index is 4250. The SMILES string of the molecule is c1ccc(-c2cccc(-c3ccc4c(c3)c3ccccc3n4-c3ccc4sc5cccc(-c6ccc7oc8cccc(-c9nc(-c%10ccccc%10)nc(-c%10ccccc%10)n9)c8c7c6)c5c4c3)c2)cc1. The summed E-state index contributed by atoms with van der Waals surface area (Å²) in [5.41, 5.74) is 14.9. The second-order valence-electron chi connectivity index (χ2n) is 17.5. The van der Waals surface area contributed by atoms with Crippen molar-refractivity contribution in [3.8, 4) is 73.2 Å². The topological polar surface area (TPSA) is 56.7 Å². The van der Waals surface area contributed by atoms with Crippen molar-refractivity contribution in [1.29, 1.82) is 0 Å². The molecule has 0 radical (unpaired) electrons. The first-order valence-corrected chi connectivity index (χ1v) is 24.0. The number of nitrogens with zero attached hydrogens (tertiary/aromatic N) is 4. The number of thiophene rings is 1. The first-order chi connectivity index (χ1) is 34.2. The fourth-order valence-electron chi connectivity index (χ4n) is 10.2. The molecule has 0 aliphatic heterocycles. The second-order valence-corrected chi connectivity index (χ2v) is 18.6. The fraction of sp³-hybridized carbons (Fsp3) is 0. The molecule has 4 heterocycles. The first-order valence-electron chi connectivity index (χ1n) is 23.2. The van der Waals surface area contributed by atoms with E-state index in [1.165, 1.54) is 69.8 Å². The maximum atomic E-state index is 6.59. The van der Waals surface area contributed by atoms with Gasteiger partial charge >= 0.3 is 0 Å². The number of aromatic nitrogens is 4. The van der Waals surface area contributed by atoms with Crippen LogP contribution in [-0.2, 0) is 0 Å². The molecule has 0 amide bonds. The molecule has 0 fully saturated rings. The molecule has 0 N–H and O–H groups in total. The summed E-state index contributed by atoms with van der Waals surface area (Å²) in [5, 5.41) is 6.92. The van der Waals surface area contributed by atoms with Crippen LogP contribution in [0.1, 0.15) is 0 Å². The van der Waals surface area contributed by atoms with Crippen LogP contribution in [0.25, 0.3) is 137 Å². The molecule has 0 unspecified atom stereocenters. The second kappa shape index (κ2) is 15.8. The van der Waals surface area contributed by atoms with Crippen LogP contribution in [0.3, 0.4) is 0 Å². The molecule has 5 nitrogen and oxygen atoms in total. The van der Waals surface area contributed by atoms with E-state index in [9.17, 15) is 0 Å². The molecule has 0 saturated heterocycles. The van der Waals surface area contributed by atoms with Crippen molar-refractivity contribution in [3.05, 3.63) is 231 Å². The molecule has 0 aliphatic carbocycles. The van der Waals surface area contributed by atoms with Gasteiger partial charge in [0.1, 0.15) is 11.2 Å². The van der Waals surface area contributed by atoms with Crippen molar-refractivity contribution in [2.24, 2.45) is 0 Å². The van der Waals surface area contributed by atoms with Gasteiger partial charge < -0.3 is 8.98 Å². The lowest BCUT2D eigenvalue weighted by Gasteiger charge is -2.10. The highest BCUT2D eigenvalue weighted by Gasteiger charge is 2.21. The van der Waals surface area contributed by atoms with Crippen LogP contribution in [0, 0.1) is 0 Å². The molecule has 4 aromatic heterocycles. The van der Waals surface area contributed by atoms with Crippen molar-refractivity contribution in [2.75, 3.05) is 0 Å². The zero-order chi connectivity index (χ0) is 45.4. The summed E-state index contributed by atoms with van der Waals surface area (Å²) in [6.07, 6.45) is 0. The Kier molecular flexibility index (Phi) is 9.00. The van der Waals surface area contributed by atoms with Gasteiger partial charge in [-0.05, 0) is 100 Å². The van der Waals surface area contributed by atoms with Gasteiger partial charge in [-0.3, -0.25) is 0 Å². The summed E-state index contributed by atoms with van der Waals surface area (Å²) in [5.74, 6) is 1.84. The number of para-hydroxylation sites is 1. The number of fused-ring (bicyclic) bond motifs is 9. The lowest BCUT2D eigenvalue weighted by Crippen LogP contribution is -2.00. The van der Waals surface area contributed by atoms with Crippen molar-refractivity contribution >= 4 is 75.3 Å². The Morgan fingerprint density at radius 3 is 1.70 bits per heavy atom. The molecule has 0 aliphatic rings. The molecule has 0 atom stereocenters. The molecule has 0 spiro atoms. The van der Waals surface area contributed by atoms with Crippen LogP contribution in [0.2, 0.25) is 0 Å². The standard InChI is InChI=1S/C63H38N4OS/c1-4-15-39(16-5-1)42-21-12-22-43(35-42)44-29-32-54-50(36-44)48-23-10-11-26-53(48)67(54)46-31-34-57-52(38-46)60-47(24-14-28-58(60)69-57)45-30-33-55-51(37-45)59-49(25-13-27-56(59)68-55)63-65-61(40-17-6-2-7-18-40)64-62(66-63)41-19-8-3-9-20-41/h1-38H. The summed E-state index contributed by atoms with van der Waals surface area (Å²) >= 11 is 1.84. The van der Waals surface area contributed by atoms with Gasteiger partial charge in [-0.1, -0.05) is 164 Å². The molecule has 69 heavy (non-hydrogen) atoms. The van der Waals surface area contributed by atoms with E-state index in [0.29, 0.717) is 17.5 Å². The normalized spacial score (nSPS) is 11.8. The Morgan fingerprint density at radius 1 is 0.319 bits per heavy atom. The van der Waals surface area contributed by atoms with E-state index in [2.05, 4.69) is 162 Å². The number of hydrogen-bond acceptors (Lipinski definition) is 5. The Morgan fingerprint density at radius 2 is 0.913 bits per heavy atom. The van der Waals surface area contributed by atoms with E-state index >= 15 is 0 Å². The Labute approximate surface area is 400 Å². The minimum absolute atomic E-state index is 0.596. The minimum Gasteiger partial charge on any atom is -0.456 e. The smallest absolute Gasteiger partial charge is 0.164 e. The molecular weight excluding hydrogens is 861 g/mol. The molecule has 6 heteroatoms. The van der Waals surface area contributed by atoms with Gasteiger partial charge in [0, 0.05) is 64.1 Å². The van der Waals surface area contributed by atoms with Crippen LogP contribution in [-0.4, -0.2) is 19.5 Å². The molecule has 322 valence electrons. The van der Waals surface area contributed by atoms with Gasteiger partial charge in [-0.25, -0.2) is 15.0 Å². The third-order valence-corrected chi connectivity index (χ3v) is 14.6. The quantitative estimate of drug-likeness (QED) is 0.160. The highest BCUT2D eigenvalue weighted by molar-refractivity contribution is 7.26. The monoisotopic (exact) mass is 898 g/mol. The van der Waals surface area contributed by atoms with Gasteiger partial charge in [-0.2, -0.15) is 0 Å². The number of furan rings is 1. The van der Waals surface area contributed by atoms with Crippen LogP contribution >= 0.6 is 11.3 Å². The van der Waals surface area contributed by atoms with E-state index in [-0.39, 0.29) is 0 Å². The van der Waals surface area contributed by atoms with Crippen LogP contribution in [0.4, 0.5) is 0 Å². The average molecular weight is 899 g/mol. The first kappa shape index (κ1) is 39.2. The van der Waals surface area contributed by atoms with Gasteiger partial charge in [0.2, 0.25) is 0 Å². The molecule has 0 bridgehead atoms. The van der Waals surface area contributed by atoms with E-state index in [0.717, 1.165) is 49.9 Å². The van der Waals surface area contributed by atoms with Crippen molar-refractivity contribution in [1.82, 2.24) is 19.5 Å². The minimum atomic E-state index is 0.596. The van der Waals surface area contributed by atoms with Gasteiger partial charge in [0.15, 0.2) is 17.5 Å². The van der Waals surface area contributed by atoms with Gasteiger partial charge in [0.05, 0.1) is 11.0 Å².